The lowest BCUT2D eigenvalue weighted by Crippen LogP contribution is -2.53. The molecule has 2 aliphatic rings. The Bertz CT molecular complexity index is 603. The SMILES string of the molecule is COCCNC(=NCC1(F)COCCOC1)N1CCN(c2ccccn2)CC1. The number of alkyl halides is 1. The van der Waals surface area contributed by atoms with Crippen LogP contribution in [-0.2, 0) is 14.2 Å². The maximum absolute atomic E-state index is 15.0. The number of hydrogen-bond donors (Lipinski definition) is 1. The van der Waals surface area contributed by atoms with Gasteiger partial charge < -0.3 is 29.3 Å². The Morgan fingerprint density at radius 1 is 1.25 bits per heavy atom. The molecule has 0 amide bonds. The number of aliphatic imine (C=N–C) groups is 1. The molecule has 2 saturated heterocycles. The van der Waals surface area contributed by atoms with Gasteiger partial charge in [-0.1, -0.05) is 6.07 Å². The monoisotopic (exact) mass is 395 g/mol. The Morgan fingerprint density at radius 2 is 2.00 bits per heavy atom. The summed E-state index contributed by atoms with van der Waals surface area (Å²) in [6.45, 7) is 5.25. The second-order valence-electron chi connectivity index (χ2n) is 6.98. The summed E-state index contributed by atoms with van der Waals surface area (Å²) in [6.07, 6.45) is 1.80. The highest BCUT2D eigenvalue weighted by atomic mass is 19.1. The van der Waals surface area contributed by atoms with Gasteiger partial charge in [0, 0.05) is 46.0 Å². The fourth-order valence-electron chi connectivity index (χ4n) is 3.20. The fourth-order valence-corrected chi connectivity index (χ4v) is 3.20. The van der Waals surface area contributed by atoms with Gasteiger partial charge in [0.15, 0.2) is 11.6 Å². The molecule has 0 radical (unpaired) electrons. The van der Waals surface area contributed by atoms with Crippen molar-refractivity contribution in [2.75, 3.05) is 84.3 Å². The van der Waals surface area contributed by atoms with Crippen LogP contribution in [0.25, 0.3) is 0 Å². The summed E-state index contributed by atoms with van der Waals surface area (Å²) in [5.74, 6) is 1.67. The first-order chi connectivity index (χ1) is 13.7. The van der Waals surface area contributed by atoms with E-state index in [1.807, 2.05) is 18.2 Å². The van der Waals surface area contributed by atoms with E-state index < -0.39 is 5.67 Å². The van der Waals surface area contributed by atoms with E-state index in [9.17, 15) is 4.39 Å². The van der Waals surface area contributed by atoms with Gasteiger partial charge in [0.1, 0.15) is 5.82 Å². The highest BCUT2D eigenvalue weighted by molar-refractivity contribution is 5.80. The van der Waals surface area contributed by atoms with E-state index in [1.54, 1.807) is 13.3 Å². The molecule has 3 rings (SSSR count). The van der Waals surface area contributed by atoms with Crippen LogP contribution in [0.2, 0.25) is 0 Å². The lowest BCUT2D eigenvalue weighted by molar-refractivity contribution is 0.0214. The Balaban J connectivity index is 1.61. The van der Waals surface area contributed by atoms with Crippen molar-refractivity contribution in [3.05, 3.63) is 24.4 Å². The Hall–Kier alpha value is -1.97. The van der Waals surface area contributed by atoms with Gasteiger partial charge in [-0.3, -0.25) is 0 Å². The van der Waals surface area contributed by atoms with E-state index in [2.05, 4.69) is 25.1 Å². The summed E-state index contributed by atoms with van der Waals surface area (Å²) in [5, 5.41) is 3.29. The first-order valence-electron chi connectivity index (χ1n) is 9.73. The molecule has 0 aliphatic carbocycles. The second kappa shape index (κ2) is 10.5. The van der Waals surface area contributed by atoms with Gasteiger partial charge in [0.25, 0.3) is 0 Å². The summed E-state index contributed by atoms with van der Waals surface area (Å²) < 4.78 is 30.7. The first-order valence-corrected chi connectivity index (χ1v) is 9.73. The molecule has 0 aromatic carbocycles. The third kappa shape index (κ3) is 6.02. The number of pyridine rings is 1. The highest BCUT2D eigenvalue weighted by Gasteiger charge is 2.33. The predicted octanol–water partition coefficient (Wildman–Crippen LogP) is 0.551. The standard InChI is InChI=1S/C19H30FN5O3/c1-26-11-6-22-18(23-14-19(20)15-27-12-13-28-16-19)25-9-7-24(8-10-25)17-4-2-3-5-21-17/h2-5H,6-16H2,1H3,(H,22,23). The van der Waals surface area contributed by atoms with Crippen LogP contribution < -0.4 is 10.2 Å². The third-order valence-electron chi connectivity index (χ3n) is 4.75. The average molecular weight is 395 g/mol. The largest absolute Gasteiger partial charge is 0.383 e. The summed E-state index contributed by atoms with van der Waals surface area (Å²) in [5.41, 5.74) is -1.60. The molecule has 28 heavy (non-hydrogen) atoms. The molecule has 156 valence electrons. The van der Waals surface area contributed by atoms with E-state index in [0.717, 1.165) is 32.0 Å². The van der Waals surface area contributed by atoms with Gasteiger partial charge in [-0.05, 0) is 12.1 Å². The molecule has 1 aromatic rings. The number of nitrogens with one attached hydrogen (secondary N) is 1. The van der Waals surface area contributed by atoms with E-state index in [1.165, 1.54) is 0 Å². The molecule has 0 bridgehead atoms. The molecular weight excluding hydrogens is 365 g/mol. The smallest absolute Gasteiger partial charge is 0.194 e. The number of rotatable bonds is 6. The highest BCUT2D eigenvalue weighted by Crippen LogP contribution is 2.17. The van der Waals surface area contributed by atoms with Crippen LogP contribution in [0, 0.1) is 0 Å². The molecule has 9 heteroatoms. The van der Waals surface area contributed by atoms with Crippen molar-refractivity contribution < 1.29 is 18.6 Å². The Morgan fingerprint density at radius 3 is 2.64 bits per heavy atom. The number of halogens is 1. The number of methoxy groups -OCH3 is 1. The van der Waals surface area contributed by atoms with Gasteiger partial charge in [-0.15, -0.1) is 0 Å². The molecule has 2 fully saturated rings. The fraction of sp³-hybridized carbons (Fsp3) is 0.684. The van der Waals surface area contributed by atoms with Crippen LogP contribution in [0.4, 0.5) is 10.2 Å². The van der Waals surface area contributed by atoms with Gasteiger partial charge in [-0.25, -0.2) is 14.4 Å². The molecule has 2 aliphatic heterocycles. The molecule has 0 unspecified atom stereocenters. The molecule has 0 spiro atoms. The van der Waals surface area contributed by atoms with E-state index in [0.29, 0.717) is 32.3 Å². The zero-order chi connectivity index (χ0) is 19.7. The number of hydrogen-bond acceptors (Lipinski definition) is 6. The van der Waals surface area contributed by atoms with Crippen LogP contribution in [0.5, 0.6) is 0 Å². The minimum atomic E-state index is -1.60. The summed E-state index contributed by atoms with van der Waals surface area (Å²) >= 11 is 0. The van der Waals surface area contributed by atoms with Crippen molar-refractivity contribution in [2.45, 2.75) is 5.67 Å². The van der Waals surface area contributed by atoms with Crippen LogP contribution in [0.3, 0.4) is 0 Å². The lowest BCUT2D eigenvalue weighted by atomic mass is 10.1. The maximum Gasteiger partial charge on any atom is 0.194 e. The zero-order valence-corrected chi connectivity index (χ0v) is 16.5. The zero-order valence-electron chi connectivity index (χ0n) is 16.5. The number of aromatic nitrogens is 1. The van der Waals surface area contributed by atoms with Crippen molar-refractivity contribution in [1.82, 2.24) is 15.2 Å². The van der Waals surface area contributed by atoms with Crippen molar-refractivity contribution in [3.8, 4) is 0 Å². The second-order valence-corrected chi connectivity index (χ2v) is 6.98. The topological polar surface area (TPSA) is 71.5 Å². The quantitative estimate of drug-likeness (QED) is 0.429. The van der Waals surface area contributed by atoms with Gasteiger partial charge in [-0.2, -0.15) is 0 Å². The van der Waals surface area contributed by atoms with Crippen LogP contribution >= 0.6 is 0 Å². The molecule has 0 atom stereocenters. The third-order valence-corrected chi connectivity index (χ3v) is 4.75. The van der Waals surface area contributed by atoms with Crippen molar-refractivity contribution in [1.29, 1.82) is 0 Å². The van der Waals surface area contributed by atoms with Crippen LogP contribution in [0.1, 0.15) is 0 Å². The maximum atomic E-state index is 15.0. The molecule has 8 nitrogen and oxygen atoms in total. The number of guanidine groups is 1. The van der Waals surface area contributed by atoms with Gasteiger partial charge in [0.05, 0.1) is 39.6 Å². The Labute approximate surface area is 165 Å². The molecule has 1 aromatic heterocycles. The Kier molecular flexibility index (Phi) is 7.81. The molecule has 0 saturated carbocycles. The van der Waals surface area contributed by atoms with E-state index >= 15 is 0 Å². The van der Waals surface area contributed by atoms with E-state index in [-0.39, 0.29) is 19.8 Å². The molecule has 1 N–H and O–H groups in total. The van der Waals surface area contributed by atoms with Crippen molar-refractivity contribution >= 4 is 11.8 Å². The van der Waals surface area contributed by atoms with Crippen molar-refractivity contribution in [3.63, 3.8) is 0 Å². The average Bonchev–Trinajstić information content (AvgIpc) is 2.96. The minimum absolute atomic E-state index is 0.00275. The molecular formula is C19H30FN5O3. The van der Waals surface area contributed by atoms with Crippen LogP contribution in [-0.4, -0.2) is 101 Å². The summed E-state index contributed by atoms with van der Waals surface area (Å²) in [4.78, 5) is 13.4. The number of anilines is 1. The minimum Gasteiger partial charge on any atom is -0.383 e. The first kappa shape index (κ1) is 20.8. The van der Waals surface area contributed by atoms with Crippen molar-refractivity contribution in [2.24, 2.45) is 4.99 Å². The normalized spacial score (nSPS) is 20.7. The summed E-state index contributed by atoms with van der Waals surface area (Å²) in [7, 11) is 1.65. The number of piperazine rings is 1. The van der Waals surface area contributed by atoms with E-state index in [4.69, 9.17) is 14.2 Å². The predicted molar refractivity (Wildman–Crippen MR) is 106 cm³/mol. The molecule has 3 heterocycles. The van der Waals surface area contributed by atoms with Gasteiger partial charge >= 0.3 is 0 Å². The number of ether oxygens (including phenoxy) is 3. The van der Waals surface area contributed by atoms with Crippen LogP contribution in [0.15, 0.2) is 29.4 Å². The lowest BCUT2D eigenvalue weighted by Gasteiger charge is -2.37. The number of nitrogens with zero attached hydrogens (tertiary/aromatic N) is 4. The summed E-state index contributed by atoms with van der Waals surface area (Å²) in [6, 6.07) is 5.92. The van der Waals surface area contributed by atoms with Gasteiger partial charge in [0.2, 0.25) is 0 Å².